The van der Waals surface area contributed by atoms with Crippen molar-refractivity contribution in [3.63, 3.8) is 0 Å². The van der Waals surface area contributed by atoms with E-state index in [1.165, 1.54) is 28.8 Å². The number of halogens is 2. The molecule has 0 fully saturated rings. The fourth-order valence-electron chi connectivity index (χ4n) is 3.91. The van der Waals surface area contributed by atoms with Gasteiger partial charge >= 0.3 is 0 Å². The first-order chi connectivity index (χ1) is 12.1. The van der Waals surface area contributed by atoms with Crippen LogP contribution in [0.1, 0.15) is 22.3 Å². The van der Waals surface area contributed by atoms with Crippen molar-refractivity contribution in [2.24, 2.45) is 0 Å². The van der Waals surface area contributed by atoms with Gasteiger partial charge in [-0.25, -0.2) is 8.78 Å². The van der Waals surface area contributed by atoms with Crippen LogP contribution in [0.2, 0.25) is 0 Å². The maximum atomic E-state index is 14.1. The Bertz CT molecular complexity index is 807. The number of anilines is 1. The molecule has 0 aromatic heterocycles. The lowest BCUT2D eigenvalue weighted by Gasteiger charge is -2.34. The zero-order valence-electron chi connectivity index (χ0n) is 14.4. The Balaban J connectivity index is 1.72. The molecular formula is C20H22F2N2O. The number of fused-ring (bicyclic) bond motifs is 2. The summed E-state index contributed by atoms with van der Waals surface area (Å²) in [6.45, 7) is 5.77. The number of hydrogen-bond donors (Lipinski definition) is 1. The smallest absolute Gasteiger partial charge is 0.143 e. The van der Waals surface area contributed by atoms with Crippen LogP contribution in [0, 0.1) is 18.6 Å². The van der Waals surface area contributed by atoms with E-state index in [4.69, 9.17) is 4.74 Å². The van der Waals surface area contributed by atoms with E-state index in [-0.39, 0.29) is 0 Å². The third kappa shape index (κ3) is 3.09. The molecule has 2 aliphatic rings. The Hall–Kier alpha value is -2.14. The first-order valence-electron chi connectivity index (χ1n) is 8.81. The van der Waals surface area contributed by atoms with Crippen LogP contribution in [0.5, 0.6) is 5.75 Å². The number of nitrogens with one attached hydrogen (secondary N) is 1. The van der Waals surface area contributed by atoms with Gasteiger partial charge in [-0.1, -0.05) is 6.07 Å². The van der Waals surface area contributed by atoms with Gasteiger partial charge in [0.05, 0.1) is 12.2 Å². The highest BCUT2D eigenvalue weighted by Crippen LogP contribution is 2.40. The molecule has 1 N–H and O–H groups in total. The summed E-state index contributed by atoms with van der Waals surface area (Å²) in [5, 5.41) is 3.44. The zero-order chi connectivity index (χ0) is 17.4. The molecule has 4 rings (SSSR count). The number of ether oxygens (including phenoxy) is 1. The molecule has 3 nitrogen and oxygen atoms in total. The van der Waals surface area contributed by atoms with Crippen LogP contribution in [0.4, 0.5) is 14.5 Å². The van der Waals surface area contributed by atoms with Crippen LogP contribution in [-0.2, 0) is 19.4 Å². The minimum atomic E-state index is -0.544. The summed E-state index contributed by atoms with van der Waals surface area (Å²) in [5.74, 6) is -0.158. The maximum Gasteiger partial charge on any atom is 0.143 e. The fourth-order valence-corrected chi connectivity index (χ4v) is 3.91. The predicted molar refractivity (Wildman–Crippen MR) is 94.4 cm³/mol. The van der Waals surface area contributed by atoms with Gasteiger partial charge in [-0.05, 0) is 61.7 Å². The van der Waals surface area contributed by atoms with Gasteiger partial charge in [0, 0.05) is 18.2 Å². The van der Waals surface area contributed by atoms with E-state index in [1.54, 1.807) is 0 Å². The van der Waals surface area contributed by atoms with Gasteiger partial charge in [0.2, 0.25) is 0 Å². The minimum absolute atomic E-state index is 0.417. The highest BCUT2D eigenvalue weighted by molar-refractivity contribution is 5.69. The van der Waals surface area contributed by atoms with Crippen molar-refractivity contribution in [1.82, 2.24) is 5.32 Å². The van der Waals surface area contributed by atoms with Crippen molar-refractivity contribution in [2.45, 2.75) is 26.3 Å². The molecule has 2 aromatic rings. The molecule has 2 aromatic carbocycles. The Kier molecular flexibility index (Phi) is 4.34. The third-order valence-electron chi connectivity index (χ3n) is 5.17. The lowest BCUT2D eigenvalue weighted by atomic mass is 9.94. The van der Waals surface area contributed by atoms with Crippen molar-refractivity contribution in [3.8, 4) is 5.75 Å². The molecule has 2 heterocycles. The van der Waals surface area contributed by atoms with Gasteiger partial charge in [-0.15, -0.1) is 0 Å². The van der Waals surface area contributed by atoms with Gasteiger partial charge in [0.1, 0.15) is 24.0 Å². The van der Waals surface area contributed by atoms with Crippen LogP contribution in [0.3, 0.4) is 0 Å². The largest absolute Gasteiger partial charge is 0.490 e. The summed E-state index contributed by atoms with van der Waals surface area (Å²) >= 11 is 0. The maximum absolute atomic E-state index is 14.1. The van der Waals surface area contributed by atoms with Crippen LogP contribution in [-0.4, -0.2) is 26.2 Å². The van der Waals surface area contributed by atoms with Crippen molar-refractivity contribution >= 4 is 5.69 Å². The van der Waals surface area contributed by atoms with E-state index in [1.807, 2.05) is 0 Å². The van der Waals surface area contributed by atoms with Crippen molar-refractivity contribution in [3.05, 3.63) is 58.2 Å². The van der Waals surface area contributed by atoms with E-state index >= 15 is 0 Å². The summed E-state index contributed by atoms with van der Waals surface area (Å²) < 4.78 is 33.2. The average Bonchev–Trinajstić information content (AvgIpc) is 2.83. The molecule has 0 atom stereocenters. The Morgan fingerprint density at radius 1 is 1.16 bits per heavy atom. The molecular weight excluding hydrogens is 322 g/mol. The number of hydrogen-bond acceptors (Lipinski definition) is 3. The zero-order valence-corrected chi connectivity index (χ0v) is 14.4. The summed E-state index contributed by atoms with van der Waals surface area (Å²) in [6, 6.07) is 5.95. The lowest BCUT2D eigenvalue weighted by molar-refractivity contribution is 0.305. The molecule has 5 heteroatoms. The van der Waals surface area contributed by atoms with Crippen LogP contribution in [0.15, 0.2) is 24.3 Å². The van der Waals surface area contributed by atoms with E-state index in [9.17, 15) is 8.78 Å². The van der Waals surface area contributed by atoms with Crippen molar-refractivity contribution < 1.29 is 13.5 Å². The van der Waals surface area contributed by atoms with E-state index < -0.39 is 11.6 Å². The molecule has 2 aliphatic heterocycles. The normalized spacial score (nSPS) is 16.7. The van der Waals surface area contributed by atoms with Crippen LogP contribution in [0.25, 0.3) is 0 Å². The molecule has 0 unspecified atom stereocenters. The molecule has 0 saturated heterocycles. The second-order valence-electron chi connectivity index (χ2n) is 6.74. The third-order valence-corrected chi connectivity index (χ3v) is 5.17. The first kappa shape index (κ1) is 16.3. The van der Waals surface area contributed by atoms with E-state index in [0.29, 0.717) is 25.3 Å². The van der Waals surface area contributed by atoms with Gasteiger partial charge in [0.15, 0.2) is 0 Å². The van der Waals surface area contributed by atoms with E-state index in [2.05, 4.69) is 23.2 Å². The summed E-state index contributed by atoms with van der Waals surface area (Å²) in [5.41, 5.74) is 5.49. The van der Waals surface area contributed by atoms with Gasteiger partial charge < -0.3 is 15.0 Å². The Morgan fingerprint density at radius 2 is 2.00 bits per heavy atom. The molecule has 0 radical (unpaired) electrons. The topological polar surface area (TPSA) is 24.5 Å². The summed E-state index contributed by atoms with van der Waals surface area (Å²) in [4.78, 5) is 2.16. The second kappa shape index (κ2) is 6.64. The molecule has 0 bridgehead atoms. The Morgan fingerprint density at radius 3 is 2.84 bits per heavy atom. The highest BCUT2D eigenvalue weighted by Gasteiger charge is 2.25. The van der Waals surface area contributed by atoms with Crippen molar-refractivity contribution in [2.75, 3.05) is 31.1 Å². The number of rotatable bonds is 2. The quantitative estimate of drug-likeness (QED) is 0.904. The number of benzene rings is 2. The number of nitrogens with zero attached hydrogens (tertiary/aromatic N) is 1. The molecule has 0 amide bonds. The fraction of sp³-hybridized carbons (Fsp3) is 0.400. The molecule has 0 aliphatic carbocycles. The first-order valence-corrected chi connectivity index (χ1v) is 8.81. The molecule has 25 heavy (non-hydrogen) atoms. The minimum Gasteiger partial charge on any atom is -0.490 e. The average molecular weight is 344 g/mol. The lowest BCUT2D eigenvalue weighted by Crippen LogP contribution is -2.33. The second-order valence-corrected chi connectivity index (χ2v) is 6.74. The van der Waals surface area contributed by atoms with Crippen molar-refractivity contribution in [1.29, 1.82) is 0 Å². The molecule has 132 valence electrons. The van der Waals surface area contributed by atoms with Gasteiger partial charge in [-0.2, -0.15) is 0 Å². The van der Waals surface area contributed by atoms with E-state index in [0.717, 1.165) is 43.4 Å². The van der Waals surface area contributed by atoms with Crippen LogP contribution < -0.4 is 15.0 Å². The monoisotopic (exact) mass is 344 g/mol. The predicted octanol–water partition coefficient (Wildman–Crippen LogP) is 3.36. The van der Waals surface area contributed by atoms with Gasteiger partial charge in [0.25, 0.3) is 0 Å². The Labute approximate surface area is 146 Å². The molecule has 0 saturated carbocycles. The SMILES string of the molecule is Cc1c2c(cc3c1N(Cc1ccc(F)cc1F)CCO3)CCNCC2. The molecule has 0 spiro atoms. The van der Waals surface area contributed by atoms with Gasteiger partial charge in [-0.3, -0.25) is 0 Å². The highest BCUT2D eigenvalue weighted by atomic mass is 19.1. The summed E-state index contributed by atoms with van der Waals surface area (Å²) in [6.07, 6.45) is 1.99. The standard InChI is InChI=1S/C20H22F2N2O/c1-13-17-5-7-23-6-4-14(17)10-19-20(13)24(8-9-25-19)12-15-2-3-16(21)11-18(15)22/h2-3,10-11,23H,4-9,12H2,1H3. The summed E-state index contributed by atoms with van der Waals surface area (Å²) in [7, 11) is 0. The van der Waals surface area contributed by atoms with Crippen LogP contribution >= 0.6 is 0 Å².